The van der Waals surface area contributed by atoms with Crippen LogP contribution in [0.15, 0.2) is 4.99 Å². The van der Waals surface area contributed by atoms with Crippen LogP contribution in [0.1, 0.15) is 53.4 Å². The van der Waals surface area contributed by atoms with Crippen molar-refractivity contribution in [2.75, 3.05) is 39.3 Å². The molecule has 1 atom stereocenters. The van der Waals surface area contributed by atoms with Crippen molar-refractivity contribution in [3.63, 3.8) is 0 Å². The van der Waals surface area contributed by atoms with Crippen LogP contribution in [0.5, 0.6) is 0 Å². The molecule has 0 spiro atoms. The monoisotopic (exact) mass is 308 g/mol. The maximum absolute atomic E-state index is 4.98. The summed E-state index contributed by atoms with van der Waals surface area (Å²) in [6.07, 6.45) is 5.27. The van der Waals surface area contributed by atoms with Crippen molar-refractivity contribution in [2.24, 2.45) is 16.8 Å². The molecule has 0 aromatic heterocycles. The Morgan fingerprint density at radius 2 is 1.91 bits per heavy atom. The van der Waals surface area contributed by atoms with Crippen LogP contribution in [0.3, 0.4) is 0 Å². The molecule has 0 aromatic carbocycles. The van der Waals surface area contributed by atoms with Gasteiger partial charge in [0.1, 0.15) is 0 Å². The second kappa shape index (κ2) is 8.76. The highest BCUT2D eigenvalue weighted by Gasteiger charge is 2.23. The molecule has 1 unspecified atom stereocenters. The molecule has 0 aliphatic carbocycles. The summed E-state index contributed by atoms with van der Waals surface area (Å²) in [6, 6.07) is 0.670. The topological polar surface area (TPSA) is 30.9 Å². The van der Waals surface area contributed by atoms with E-state index in [-0.39, 0.29) is 0 Å². The minimum atomic E-state index is 0.670. The molecule has 4 heteroatoms. The van der Waals surface area contributed by atoms with Crippen LogP contribution >= 0.6 is 0 Å². The van der Waals surface area contributed by atoms with Gasteiger partial charge >= 0.3 is 0 Å². The maximum Gasteiger partial charge on any atom is 0.193 e. The summed E-state index contributed by atoms with van der Waals surface area (Å²) in [7, 11) is 0. The van der Waals surface area contributed by atoms with Gasteiger partial charge in [-0.25, -0.2) is 0 Å². The number of nitrogens with zero attached hydrogens (tertiary/aromatic N) is 3. The average Bonchev–Trinajstić information content (AvgIpc) is 2.52. The first-order valence-electron chi connectivity index (χ1n) is 9.37. The fourth-order valence-electron chi connectivity index (χ4n) is 3.58. The summed E-state index contributed by atoms with van der Waals surface area (Å²) < 4.78 is 0. The number of hydrogen-bond donors (Lipinski definition) is 1. The molecule has 22 heavy (non-hydrogen) atoms. The summed E-state index contributed by atoms with van der Waals surface area (Å²) in [5.74, 6) is 2.75. The highest BCUT2D eigenvalue weighted by atomic mass is 15.3. The Labute approximate surface area is 137 Å². The van der Waals surface area contributed by atoms with Crippen LogP contribution in [0, 0.1) is 11.8 Å². The lowest BCUT2D eigenvalue weighted by molar-refractivity contribution is 0.143. The van der Waals surface area contributed by atoms with Crippen molar-refractivity contribution in [3.05, 3.63) is 0 Å². The third-order valence-electron chi connectivity index (χ3n) is 5.20. The molecule has 2 aliphatic heterocycles. The Morgan fingerprint density at radius 1 is 1.18 bits per heavy atom. The highest BCUT2D eigenvalue weighted by Crippen LogP contribution is 2.19. The SMILES string of the molecule is CCNC(=NCC1CCCN(C(C)C)C1)N1CCC(C)CC1. The molecule has 1 N–H and O–H groups in total. The molecule has 2 fully saturated rings. The van der Waals surface area contributed by atoms with Crippen LogP contribution in [0.25, 0.3) is 0 Å². The number of aliphatic imine (C=N–C) groups is 1. The van der Waals surface area contributed by atoms with Gasteiger partial charge in [-0.1, -0.05) is 6.92 Å². The quantitative estimate of drug-likeness (QED) is 0.640. The highest BCUT2D eigenvalue weighted by molar-refractivity contribution is 5.80. The Bertz CT molecular complexity index is 345. The molecule has 0 amide bonds. The fourth-order valence-corrected chi connectivity index (χ4v) is 3.58. The minimum Gasteiger partial charge on any atom is -0.357 e. The summed E-state index contributed by atoms with van der Waals surface area (Å²) in [5.41, 5.74) is 0. The predicted octanol–water partition coefficient (Wildman–Crippen LogP) is 2.80. The van der Waals surface area contributed by atoms with E-state index in [0.29, 0.717) is 6.04 Å². The molecule has 0 bridgehead atoms. The van der Waals surface area contributed by atoms with Crippen molar-refractivity contribution in [1.29, 1.82) is 0 Å². The van der Waals surface area contributed by atoms with Crippen molar-refractivity contribution < 1.29 is 0 Å². The zero-order valence-corrected chi connectivity index (χ0v) is 15.1. The van der Waals surface area contributed by atoms with E-state index in [1.54, 1.807) is 0 Å². The number of guanidine groups is 1. The van der Waals surface area contributed by atoms with E-state index in [2.05, 4.69) is 42.8 Å². The Kier molecular flexibility index (Phi) is 7.00. The molecule has 0 saturated carbocycles. The van der Waals surface area contributed by atoms with E-state index in [1.165, 1.54) is 38.8 Å². The molecule has 0 aromatic rings. The number of likely N-dealkylation sites (tertiary alicyclic amines) is 2. The molecule has 2 rings (SSSR count). The van der Waals surface area contributed by atoms with Gasteiger partial charge in [0.15, 0.2) is 5.96 Å². The third-order valence-corrected chi connectivity index (χ3v) is 5.20. The van der Waals surface area contributed by atoms with E-state index >= 15 is 0 Å². The van der Waals surface area contributed by atoms with Crippen molar-refractivity contribution in [2.45, 2.75) is 59.4 Å². The summed E-state index contributed by atoms with van der Waals surface area (Å²) in [6.45, 7) is 15.9. The number of hydrogen-bond acceptors (Lipinski definition) is 2. The lowest BCUT2D eigenvalue weighted by Crippen LogP contribution is -2.46. The van der Waals surface area contributed by atoms with Crippen LogP contribution in [0.4, 0.5) is 0 Å². The predicted molar refractivity (Wildman–Crippen MR) is 95.4 cm³/mol. The van der Waals surface area contributed by atoms with Gasteiger partial charge in [0.05, 0.1) is 0 Å². The van der Waals surface area contributed by atoms with Crippen LogP contribution in [0.2, 0.25) is 0 Å². The third kappa shape index (κ3) is 5.15. The smallest absolute Gasteiger partial charge is 0.193 e. The second-order valence-electron chi connectivity index (χ2n) is 7.46. The van der Waals surface area contributed by atoms with E-state index < -0.39 is 0 Å². The zero-order valence-electron chi connectivity index (χ0n) is 15.1. The van der Waals surface area contributed by atoms with Crippen LogP contribution in [-0.2, 0) is 0 Å². The zero-order chi connectivity index (χ0) is 15.9. The molecule has 0 radical (unpaired) electrons. The van der Waals surface area contributed by atoms with Gasteiger partial charge in [-0.15, -0.1) is 0 Å². The molecule has 2 aliphatic rings. The second-order valence-corrected chi connectivity index (χ2v) is 7.46. The number of nitrogens with one attached hydrogen (secondary N) is 1. The Balaban J connectivity index is 1.89. The van der Waals surface area contributed by atoms with E-state index in [9.17, 15) is 0 Å². The van der Waals surface area contributed by atoms with Crippen LogP contribution < -0.4 is 5.32 Å². The summed E-state index contributed by atoms with van der Waals surface area (Å²) in [4.78, 5) is 10.1. The lowest BCUT2D eigenvalue weighted by atomic mass is 9.97. The fraction of sp³-hybridized carbons (Fsp3) is 0.944. The maximum atomic E-state index is 4.98. The van der Waals surface area contributed by atoms with Crippen LogP contribution in [-0.4, -0.2) is 61.1 Å². The number of piperidine rings is 2. The van der Waals surface area contributed by atoms with Gasteiger partial charge in [0.2, 0.25) is 0 Å². The van der Waals surface area contributed by atoms with E-state index in [1.807, 2.05) is 0 Å². The summed E-state index contributed by atoms with van der Waals surface area (Å²) in [5, 5.41) is 3.50. The lowest BCUT2D eigenvalue weighted by Gasteiger charge is -2.36. The first kappa shape index (κ1) is 17.6. The normalized spacial score (nSPS) is 25.8. The van der Waals surface area contributed by atoms with Crippen molar-refractivity contribution in [1.82, 2.24) is 15.1 Å². The molecule has 128 valence electrons. The number of rotatable bonds is 4. The molecule has 2 saturated heterocycles. The van der Waals surface area contributed by atoms with Gasteiger partial charge in [0.25, 0.3) is 0 Å². The first-order chi connectivity index (χ1) is 10.6. The molecular weight excluding hydrogens is 272 g/mol. The van der Waals surface area contributed by atoms with Gasteiger partial charge in [-0.3, -0.25) is 4.99 Å². The standard InChI is InChI=1S/C18H36N4/c1-5-19-18(21-11-8-16(4)9-12-21)20-13-17-7-6-10-22(14-17)15(2)3/h15-17H,5-14H2,1-4H3,(H,19,20). The Hall–Kier alpha value is -0.770. The average molecular weight is 309 g/mol. The summed E-state index contributed by atoms with van der Waals surface area (Å²) >= 11 is 0. The van der Waals surface area contributed by atoms with E-state index in [0.717, 1.165) is 44.0 Å². The van der Waals surface area contributed by atoms with Gasteiger partial charge in [-0.2, -0.15) is 0 Å². The van der Waals surface area contributed by atoms with Gasteiger partial charge in [0, 0.05) is 38.8 Å². The van der Waals surface area contributed by atoms with E-state index in [4.69, 9.17) is 4.99 Å². The van der Waals surface area contributed by atoms with Gasteiger partial charge < -0.3 is 15.1 Å². The molecular formula is C18H36N4. The van der Waals surface area contributed by atoms with Crippen molar-refractivity contribution >= 4 is 5.96 Å². The molecule has 4 nitrogen and oxygen atoms in total. The first-order valence-corrected chi connectivity index (χ1v) is 9.37. The Morgan fingerprint density at radius 3 is 2.55 bits per heavy atom. The minimum absolute atomic E-state index is 0.670. The van der Waals surface area contributed by atoms with Gasteiger partial charge in [-0.05, 0) is 64.8 Å². The largest absolute Gasteiger partial charge is 0.357 e. The molecule has 2 heterocycles. The van der Waals surface area contributed by atoms with Crippen molar-refractivity contribution in [3.8, 4) is 0 Å².